The molecular formula is C25H26N8. The van der Waals surface area contributed by atoms with Crippen LogP contribution in [0, 0.1) is 12.3 Å². The van der Waals surface area contributed by atoms with Crippen molar-refractivity contribution in [1.82, 2.24) is 25.1 Å². The molecule has 0 amide bonds. The van der Waals surface area contributed by atoms with Gasteiger partial charge in [-0.15, -0.1) is 5.10 Å². The number of fused-ring (bicyclic) bond motifs is 1. The number of aliphatic imine (C=N–C) groups is 1. The van der Waals surface area contributed by atoms with E-state index in [0.29, 0.717) is 23.3 Å². The zero-order valence-electron chi connectivity index (χ0n) is 19.1. The van der Waals surface area contributed by atoms with Crippen molar-refractivity contribution in [2.45, 2.75) is 32.6 Å². The van der Waals surface area contributed by atoms with Gasteiger partial charge in [-0.25, -0.2) is 4.98 Å². The van der Waals surface area contributed by atoms with Crippen LogP contribution < -0.4 is 5.32 Å². The maximum Gasteiger partial charge on any atom is 0.154 e. The number of aryl methyl sites for hydroxylation is 1. The molecule has 1 atom stereocenters. The second-order valence-corrected chi connectivity index (χ2v) is 8.14. The second kappa shape index (κ2) is 9.60. The van der Waals surface area contributed by atoms with Crippen LogP contribution in [-0.4, -0.2) is 44.1 Å². The lowest BCUT2D eigenvalue weighted by molar-refractivity contribution is 0.843. The van der Waals surface area contributed by atoms with Crippen molar-refractivity contribution in [3.05, 3.63) is 77.4 Å². The van der Waals surface area contributed by atoms with Gasteiger partial charge in [0, 0.05) is 31.3 Å². The minimum absolute atomic E-state index is 0.347. The average molecular weight is 439 g/mol. The maximum absolute atomic E-state index is 8.78. The molecule has 0 spiro atoms. The Bertz CT molecular complexity index is 1330. The molecule has 166 valence electrons. The maximum atomic E-state index is 8.78. The third-order valence-corrected chi connectivity index (χ3v) is 5.33. The van der Waals surface area contributed by atoms with E-state index in [2.05, 4.69) is 44.3 Å². The summed E-state index contributed by atoms with van der Waals surface area (Å²) in [6, 6.07) is 11.5. The molecule has 0 fully saturated rings. The zero-order chi connectivity index (χ0) is 23.4. The molecular weight excluding hydrogens is 412 g/mol. The van der Waals surface area contributed by atoms with Gasteiger partial charge in [-0.05, 0) is 65.9 Å². The Morgan fingerprint density at radius 2 is 1.85 bits per heavy atom. The van der Waals surface area contributed by atoms with Crippen molar-refractivity contribution in [3.8, 4) is 0 Å². The average Bonchev–Trinajstić information content (AvgIpc) is 2.82. The van der Waals surface area contributed by atoms with Gasteiger partial charge >= 0.3 is 0 Å². The Kier molecular flexibility index (Phi) is 6.44. The Labute approximate surface area is 192 Å². The number of nitrogens with zero attached hydrogens (tertiary/aromatic N) is 6. The Morgan fingerprint density at radius 3 is 2.61 bits per heavy atom. The van der Waals surface area contributed by atoms with Crippen LogP contribution in [0.4, 0.5) is 11.6 Å². The minimum Gasteiger partial charge on any atom is -0.323 e. The first-order valence-corrected chi connectivity index (χ1v) is 10.7. The predicted octanol–water partition coefficient (Wildman–Crippen LogP) is 4.84. The first kappa shape index (κ1) is 22.1. The third kappa shape index (κ3) is 5.06. The summed E-state index contributed by atoms with van der Waals surface area (Å²) in [7, 11) is 1.71. The Morgan fingerprint density at radius 1 is 1.00 bits per heavy atom. The summed E-state index contributed by atoms with van der Waals surface area (Å²) in [5.74, 6) is 1.30. The van der Waals surface area contributed by atoms with E-state index in [9.17, 15) is 0 Å². The number of hydrogen-bond acceptors (Lipinski definition) is 8. The highest BCUT2D eigenvalue weighted by Crippen LogP contribution is 2.24. The molecule has 2 N–H and O–H groups in total. The predicted molar refractivity (Wildman–Crippen MR) is 132 cm³/mol. The largest absolute Gasteiger partial charge is 0.323 e. The first-order valence-electron chi connectivity index (χ1n) is 10.7. The van der Waals surface area contributed by atoms with Crippen molar-refractivity contribution < 1.29 is 0 Å². The van der Waals surface area contributed by atoms with Gasteiger partial charge in [-0.2, -0.15) is 5.10 Å². The van der Waals surface area contributed by atoms with Crippen molar-refractivity contribution in [2.75, 3.05) is 12.4 Å². The highest BCUT2D eigenvalue weighted by molar-refractivity contribution is 6.12. The van der Waals surface area contributed by atoms with Crippen LogP contribution in [0.3, 0.4) is 0 Å². The number of pyridine rings is 3. The quantitative estimate of drug-likeness (QED) is 0.399. The number of nitrogens with one attached hydrogen (secondary N) is 2. The van der Waals surface area contributed by atoms with Crippen molar-refractivity contribution in [3.63, 3.8) is 0 Å². The van der Waals surface area contributed by atoms with Gasteiger partial charge < -0.3 is 10.7 Å². The smallest absolute Gasteiger partial charge is 0.154 e. The Balaban J connectivity index is 1.67. The van der Waals surface area contributed by atoms with Crippen LogP contribution >= 0.6 is 0 Å². The second-order valence-electron chi connectivity index (χ2n) is 8.14. The summed E-state index contributed by atoms with van der Waals surface area (Å²) in [5.41, 5.74) is 5.54. The first-order chi connectivity index (χ1) is 15.9. The van der Waals surface area contributed by atoms with E-state index in [1.165, 1.54) is 0 Å². The van der Waals surface area contributed by atoms with Crippen LogP contribution in [0.25, 0.3) is 11.0 Å². The van der Waals surface area contributed by atoms with E-state index >= 15 is 0 Å². The van der Waals surface area contributed by atoms with Gasteiger partial charge in [0.15, 0.2) is 5.82 Å². The van der Waals surface area contributed by atoms with Gasteiger partial charge in [-0.3, -0.25) is 15.0 Å². The monoisotopic (exact) mass is 438 g/mol. The van der Waals surface area contributed by atoms with Crippen LogP contribution in [0.1, 0.15) is 48.1 Å². The molecule has 1 unspecified atom stereocenters. The number of anilines is 2. The van der Waals surface area contributed by atoms with Crippen LogP contribution in [-0.2, 0) is 0 Å². The van der Waals surface area contributed by atoms with E-state index < -0.39 is 0 Å². The lowest BCUT2D eigenvalue weighted by Crippen LogP contribution is -2.15. The molecule has 0 aliphatic rings. The molecule has 0 radical (unpaired) electrons. The van der Waals surface area contributed by atoms with Gasteiger partial charge in [0.1, 0.15) is 5.82 Å². The fraction of sp³-hybridized carbons (Fsp3) is 0.240. The van der Waals surface area contributed by atoms with E-state index in [0.717, 1.165) is 33.4 Å². The SMILES string of the molecule is CN=CC(C(=N)c1ccnc(C)c1)c1cnc2ccc(Nc3cc(C(C)C)cnn3)nc2c1. The van der Waals surface area contributed by atoms with Gasteiger partial charge in [-0.1, -0.05) is 13.8 Å². The zero-order valence-corrected chi connectivity index (χ0v) is 19.1. The lowest BCUT2D eigenvalue weighted by atomic mass is 9.91. The molecule has 0 aliphatic carbocycles. The fourth-order valence-corrected chi connectivity index (χ4v) is 3.52. The number of hydrogen-bond donors (Lipinski definition) is 2. The molecule has 0 aliphatic heterocycles. The summed E-state index contributed by atoms with van der Waals surface area (Å²) in [4.78, 5) is 17.7. The lowest BCUT2D eigenvalue weighted by Gasteiger charge is -2.15. The van der Waals surface area contributed by atoms with E-state index in [1.807, 2.05) is 43.3 Å². The molecule has 4 heterocycles. The van der Waals surface area contributed by atoms with E-state index in [1.54, 1.807) is 31.9 Å². The summed E-state index contributed by atoms with van der Waals surface area (Å²) in [5, 5.41) is 20.3. The van der Waals surface area contributed by atoms with E-state index in [-0.39, 0.29) is 5.92 Å². The third-order valence-electron chi connectivity index (χ3n) is 5.33. The van der Waals surface area contributed by atoms with Crippen LogP contribution in [0.2, 0.25) is 0 Å². The summed E-state index contributed by atoms with van der Waals surface area (Å²) in [6.45, 7) is 6.14. The molecule has 4 aromatic rings. The molecule has 0 saturated carbocycles. The molecule has 33 heavy (non-hydrogen) atoms. The minimum atomic E-state index is -0.347. The summed E-state index contributed by atoms with van der Waals surface area (Å²) >= 11 is 0. The van der Waals surface area contributed by atoms with Crippen molar-refractivity contribution >= 4 is 34.6 Å². The van der Waals surface area contributed by atoms with Gasteiger partial charge in [0.2, 0.25) is 0 Å². The molecule has 4 rings (SSSR count). The van der Waals surface area contributed by atoms with Gasteiger partial charge in [0.05, 0.1) is 28.9 Å². The molecule has 0 aromatic carbocycles. The number of aromatic nitrogens is 5. The summed E-state index contributed by atoms with van der Waals surface area (Å²) in [6.07, 6.45) is 7.03. The van der Waals surface area contributed by atoms with Crippen LogP contribution in [0.15, 0.2) is 60.0 Å². The van der Waals surface area contributed by atoms with Gasteiger partial charge in [0.25, 0.3) is 0 Å². The summed E-state index contributed by atoms with van der Waals surface area (Å²) < 4.78 is 0. The molecule has 8 nitrogen and oxygen atoms in total. The van der Waals surface area contributed by atoms with Crippen molar-refractivity contribution in [2.24, 2.45) is 4.99 Å². The molecule has 0 bridgehead atoms. The molecule has 4 aromatic heterocycles. The fourth-order valence-electron chi connectivity index (χ4n) is 3.52. The topological polar surface area (TPSA) is 113 Å². The standard InChI is InChI=1S/C25H26N8/c1-15(2)18-11-24(33-30-13-18)32-23-6-5-21-22(31-23)10-19(12-29-21)20(14-27-4)25(26)17-7-8-28-16(3)9-17/h5-15,20,26H,1-4H3,(H,31,32,33). The molecule has 8 heteroatoms. The number of rotatable bonds is 7. The van der Waals surface area contributed by atoms with Crippen molar-refractivity contribution in [1.29, 1.82) is 5.41 Å². The Hall–Kier alpha value is -4.07. The van der Waals surface area contributed by atoms with E-state index in [4.69, 9.17) is 10.4 Å². The molecule has 0 saturated heterocycles. The normalized spacial score (nSPS) is 12.4. The van der Waals surface area contributed by atoms with Crippen LogP contribution in [0.5, 0.6) is 0 Å². The highest BCUT2D eigenvalue weighted by atomic mass is 15.2. The highest BCUT2D eigenvalue weighted by Gasteiger charge is 2.18.